The smallest absolute Gasteiger partial charge is 0.277 e. The average molecular weight is 329 g/mol. The Morgan fingerprint density at radius 3 is 3.00 bits per heavy atom. The summed E-state index contributed by atoms with van der Waals surface area (Å²) in [5.41, 5.74) is 2.10. The van der Waals surface area contributed by atoms with Gasteiger partial charge in [-0.25, -0.2) is 4.98 Å². The number of nitrogens with two attached hydrogens (primary N) is 1. The first-order chi connectivity index (χ1) is 11.8. The van der Waals surface area contributed by atoms with Crippen molar-refractivity contribution >= 4 is 21.9 Å². The minimum absolute atomic E-state index is 0.0128. The molecule has 3 aromatic rings. The van der Waals surface area contributed by atoms with E-state index in [-0.39, 0.29) is 5.56 Å². The van der Waals surface area contributed by atoms with Crippen LogP contribution < -0.4 is 20.5 Å². The second kappa shape index (κ2) is 6.26. The Bertz CT molecular complexity index is 924. The molecular formula is C17H23N5O2+2. The molecule has 0 unspecified atom stereocenters. The van der Waals surface area contributed by atoms with Gasteiger partial charge in [-0.2, -0.15) is 0 Å². The van der Waals surface area contributed by atoms with Crippen molar-refractivity contribution in [3.05, 3.63) is 34.9 Å². The molecule has 3 heterocycles. The summed E-state index contributed by atoms with van der Waals surface area (Å²) in [5, 5.41) is 3.22. The summed E-state index contributed by atoms with van der Waals surface area (Å²) < 4.78 is 7.13. The number of H-pyrrole nitrogens is 1. The van der Waals surface area contributed by atoms with Crippen molar-refractivity contribution in [1.29, 1.82) is 0 Å². The van der Waals surface area contributed by atoms with Gasteiger partial charge in [-0.15, -0.1) is 0 Å². The largest absolute Gasteiger partial charge is 0.496 e. The van der Waals surface area contributed by atoms with E-state index in [4.69, 9.17) is 4.74 Å². The van der Waals surface area contributed by atoms with Crippen LogP contribution in [0.25, 0.3) is 21.9 Å². The molecule has 0 atom stereocenters. The van der Waals surface area contributed by atoms with E-state index >= 15 is 0 Å². The number of methoxy groups -OCH3 is 1. The molecule has 1 saturated heterocycles. The summed E-state index contributed by atoms with van der Waals surface area (Å²) in [7, 11) is 1.63. The number of aromatic nitrogens is 3. The zero-order valence-electron chi connectivity index (χ0n) is 13.8. The van der Waals surface area contributed by atoms with Crippen molar-refractivity contribution in [2.75, 3.05) is 39.8 Å². The molecule has 0 radical (unpaired) electrons. The zero-order chi connectivity index (χ0) is 16.5. The van der Waals surface area contributed by atoms with Crippen LogP contribution in [-0.4, -0.2) is 54.4 Å². The van der Waals surface area contributed by atoms with Crippen LogP contribution in [0.3, 0.4) is 0 Å². The Morgan fingerprint density at radius 2 is 2.21 bits per heavy atom. The molecule has 0 saturated carbocycles. The molecule has 1 aromatic carbocycles. The van der Waals surface area contributed by atoms with Crippen LogP contribution in [0.4, 0.5) is 0 Å². The summed E-state index contributed by atoms with van der Waals surface area (Å²) >= 11 is 0. The number of nitrogens with zero attached hydrogens (tertiary/aromatic N) is 2. The fraction of sp³-hybridized carbons (Fsp3) is 0.412. The van der Waals surface area contributed by atoms with E-state index in [9.17, 15) is 4.79 Å². The molecule has 4 N–H and O–H groups in total. The average Bonchev–Trinajstić information content (AvgIpc) is 3.02. The van der Waals surface area contributed by atoms with Gasteiger partial charge in [-0.1, -0.05) is 6.07 Å². The molecule has 7 nitrogen and oxygen atoms in total. The summed E-state index contributed by atoms with van der Waals surface area (Å²) in [4.78, 5) is 22.1. The third kappa shape index (κ3) is 2.55. The van der Waals surface area contributed by atoms with Crippen LogP contribution >= 0.6 is 0 Å². The Hall–Kier alpha value is -2.38. The van der Waals surface area contributed by atoms with Crippen molar-refractivity contribution in [2.24, 2.45) is 0 Å². The van der Waals surface area contributed by atoms with Gasteiger partial charge < -0.3 is 19.9 Å². The first-order valence-corrected chi connectivity index (χ1v) is 8.47. The van der Waals surface area contributed by atoms with E-state index in [1.165, 1.54) is 13.1 Å². The van der Waals surface area contributed by atoms with Crippen molar-refractivity contribution < 1.29 is 15.0 Å². The number of hydrogen-bond donors (Lipinski definition) is 3. The predicted molar refractivity (Wildman–Crippen MR) is 91.6 cm³/mol. The van der Waals surface area contributed by atoms with Gasteiger partial charge >= 0.3 is 0 Å². The summed E-state index contributed by atoms with van der Waals surface area (Å²) in [6, 6.07) is 5.74. The van der Waals surface area contributed by atoms with Gasteiger partial charge in [0, 0.05) is 0 Å². The number of ether oxygens (including phenoxy) is 1. The van der Waals surface area contributed by atoms with E-state index in [0.717, 1.165) is 36.3 Å². The number of hydrogen-bond acceptors (Lipinski definition) is 3. The van der Waals surface area contributed by atoms with Gasteiger partial charge in [-0.3, -0.25) is 9.36 Å². The maximum atomic E-state index is 12.8. The maximum absolute atomic E-state index is 12.8. The van der Waals surface area contributed by atoms with Crippen LogP contribution in [0.2, 0.25) is 0 Å². The first-order valence-electron chi connectivity index (χ1n) is 8.47. The minimum atomic E-state index is -0.0128. The van der Waals surface area contributed by atoms with E-state index < -0.39 is 0 Å². The lowest BCUT2D eigenvalue weighted by atomic mass is 10.2. The van der Waals surface area contributed by atoms with E-state index in [2.05, 4.69) is 15.3 Å². The van der Waals surface area contributed by atoms with Gasteiger partial charge in [0.05, 0.1) is 37.4 Å². The minimum Gasteiger partial charge on any atom is -0.496 e. The van der Waals surface area contributed by atoms with Gasteiger partial charge in [0.25, 0.3) is 5.56 Å². The molecule has 126 valence electrons. The summed E-state index contributed by atoms with van der Waals surface area (Å²) in [6.45, 7) is 6.32. The van der Waals surface area contributed by atoms with Crippen molar-refractivity contribution in [3.8, 4) is 5.75 Å². The molecule has 7 heteroatoms. The fourth-order valence-corrected chi connectivity index (χ4v) is 3.55. The van der Waals surface area contributed by atoms with Gasteiger partial charge in [-0.05, 0) is 12.1 Å². The highest BCUT2D eigenvalue weighted by Crippen LogP contribution is 2.30. The molecular weight excluding hydrogens is 306 g/mol. The second-order valence-electron chi connectivity index (χ2n) is 6.34. The van der Waals surface area contributed by atoms with E-state index in [0.29, 0.717) is 17.6 Å². The third-order valence-electron chi connectivity index (χ3n) is 4.89. The number of quaternary nitrogens is 2. The monoisotopic (exact) mass is 329 g/mol. The molecule has 0 aliphatic carbocycles. The number of nitrogens with one attached hydrogen (secondary N) is 2. The summed E-state index contributed by atoms with van der Waals surface area (Å²) in [5.74, 6) is 0.734. The molecule has 1 aliphatic heterocycles. The van der Waals surface area contributed by atoms with E-state index in [1.807, 2.05) is 18.2 Å². The van der Waals surface area contributed by atoms with Crippen molar-refractivity contribution in [1.82, 2.24) is 14.5 Å². The number of aromatic amines is 1. The second-order valence-corrected chi connectivity index (χ2v) is 6.34. The molecule has 1 aliphatic rings. The molecule has 2 aromatic heterocycles. The Kier molecular flexibility index (Phi) is 3.95. The Morgan fingerprint density at radius 1 is 1.38 bits per heavy atom. The summed E-state index contributed by atoms with van der Waals surface area (Å²) in [6.07, 6.45) is 1.67. The molecule has 0 amide bonds. The quantitative estimate of drug-likeness (QED) is 0.536. The van der Waals surface area contributed by atoms with Crippen LogP contribution in [0, 0.1) is 0 Å². The number of fused-ring (bicyclic) bond motifs is 3. The number of piperazine rings is 1. The third-order valence-corrected chi connectivity index (χ3v) is 4.89. The lowest BCUT2D eigenvalue weighted by Crippen LogP contribution is -3.20. The standard InChI is InChI=1S/C17H21N5O2/c1-24-13-4-2-3-12-14(13)15-16(20-12)17(23)22(11-19-15)10-9-21-7-5-18-6-8-21/h2-4,11,18,20H,5-10H2,1H3/p+2. The van der Waals surface area contributed by atoms with Gasteiger partial charge in [0.1, 0.15) is 43.0 Å². The normalized spacial score (nSPS) is 16.0. The fourth-order valence-electron chi connectivity index (χ4n) is 3.55. The van der Waals surface area contributed by atoms with E-state index in [1.54, 1.807) is 22.9 Å². The molecule has 24 heavy (non-hydrogen) atoms. The van der Waals surface area contributed by atoms with Gasteiger partial charge in [0.15, 0.2) is 0 Å². The first kappa shape index (κ1) is 15.2. The lowest BCUT2D eigenvalue weighted by molar-refractivity contribution is -0.947. The highest BCUT2D eigenvalue weighted by atomic mass is 16.5. The molecule has 0 spiro atoms. The van der Waals surface area contributed by atoms with Gasteiger partial charge in [0.2, 0.25) is 0 Å². The molecule has 4 rings (SSSR count). The highest BCUT2D eigenvalue weighted by Gasteiger charge is 2.17. The Labute approximate surface area is 139 Å². The molecule has 1 fully saturated rings. The van der Waals surface area contributed by atoms with Crippen LogP contribution in [0.5, 0.6) is 5.75 Å². The number of rotatable bonds is 4. The zero-order valence-corrected chi connectivity index (χ0v) is 13.8. The predicted octanol–water partition coefficient (Wildman–Crippen LogP) is -1.65. The van der Waals surface area contributed by atoms with Crippen molar-refractivity contribution in [2.45, 2.75) is 6.54 Å². The topological polar surface area (TPSA) is 81.0 Å². The lowest BCUT2D eigenvalue weighted by Gasteiger charge is -2.22. The Balaban J connectivity index is 1.70. The van der Waals surface area contributed by atoms with Crippen LogP contribution in [0.1, 0.15) is 0 Å². The van der Waals surface area contributed by atoms with Crippen LogP contribution in [0.15, 0.2) is 29.3 Å². The molecule has 0 bridgehead atoms. The SMILES string of the molecule is COc1cccc2[nH]c3c(=O)n(CC[NH+]4CC[NH2+]CC4)cnc3c12. The van der Waals surface area contributed by atoms with Crippen molar-refractivity contribution in [3.63, 3.8) is 0 Å². The van der Waals surface area contributed by atoms with Crippen LogP contribution in [-0.2, 0) is 6.54 Å². The highest BCUT2D eigenvalue weighted by molar-refractivity contribution is 6.07. The number of benzene rings is 1. The maximum Gasteiger partial charge on any atom is 0.277 e.